The van der Waals surface area contributed by atoms with Gasteiger partial charge in [0.15, 0.2) is 0 Å². The number of hydrogen-bond acceptors (Lipinski definition) is 5. The molecule has 1 aromatic carbocycles. The lowest BCUT2D eigenvalue weighted by molar-refractivity contribution is -0.121. The van der Waals surface area contributed by atoms with Crippen LogP contribution in [0.1, 0.15) is 32.3 Å². The maximum atomic E-state index is 13.0. The first-order valence-corrected chi connectivity index (χ1v) is 10.5. The second-order valence-corrected chi connectivity index (χ2v) is 8.98. The van der Waals surface area contributed by atoms with Crippen LogP contribution < -0.4 is 10.5 Å². The smallest absolute Gasteiger partial charge is 0.269 e. The van der Waals surface area contributed by atoms with E-state index < -0.39 is 26.9 Å². The summed E-state index contributed by atoms with van der Waals surface area (Å²) in [4.78, 5) is 10.5. The van der Waals surface area contributed by atoms with Crippen LogP contribution >= 0.6 is 0 Å². The molecule has 0 aliphatic heterocycles. The van der Waals surface area contributed by atoms with E-state index in [1.807, 2.05) is 44.2 Å². The molecule has 2 unspecified atom stereocenters. The Bertz CT molecular complexity index is 898. The second-order valence-electron chi connectivity index (χ2n) is 7.07. The van der Waals surface area contributed by atoms with E-state index in [0.717, 1.165) is 11.1 Å². The molecule has 7 heteroatoms. The maximum absolute atomic E-state index is 13.0. The molecule has 1 amide bonds. The minimum Gasteiger partial charge on any atom is -0.340 e. The van der Waals surface area contributed by atoms with Crippen molar-refractivity contribution in [3.05, 3.63) is 54.1 Å². The molecule has 0 radical (unpaired) electrons. The van der Waals surface area contributed by atoms with Gasteiger partial charge in [-0.2, -0.15) is 0 Å². The quantitative estimate of drug-likeness (QED) is 0.650. The second kappa shape index (κ2) is 9.20. The Hall–Kier alpha value is -2.40. The van der Waals surface area contributed by atoms with Crippen LogP contribution in [0.3, 0.4) is 0 Å². The molecule has 2 atom stereocenters. The lowest BCUT2D eigenvalue weighted by atomic mass is 9.98. The Kier molecular flexibility index (Phi) is 7.19. The number of nitrogens with two attached hydrogens (primary N) is 1. The third kappa shape index (κ3) is 5.10. The summed E-state index contributed by atoms with van der Waals surface area (Å²) in [6.45, 7) is 3.59. The van der Waals surface area contributed by atoms with Gasteiger partial charge in [-0.3, -0.25) is 4.79 Å². The highest BCUT2D eigenvalue weighted by molar-refractivity contribution is 7.91. The number of nitrogens with one attached hydrogen (secondary N) is 1. The van der Waals surface area contributed by atoms with Crippen LogP contribution in [0.4, 0.5) is 0 Å². The molecule has 0 aromatic heterocycles. The summed E-state index contributed by atoms with van der Waals surface area (Å²) in [6, 6.07) is 8.61. The van der Waals surface area contributed by atoms with Crippen molar-refractivity contribution < 1.29 is 17.9 Å². The number of terminal acetylenes is 1. The highest BCUT2D eigenvalue weighted by Crippen LogP contribution is 2.33. The Morgan fingerprint density at radius 2 is 2.04 bits per heavy atom. The largest absolute Gasteiger partial charge is 0.340 e. The fraction of sp³-hybridized carbons (Fsp3) is 0.381. The van der Waals surface area contributed by atoms with E-state index in [1.54, 1.807) is 12.2 Å². The van der Waals surface area contributed by atoms with Crippen LogP contribution in [-0.2, 0) is 19.6 Å². The number of rotatable bonds is 8. The molecule has 150 valence electrons. The van der Waals surface area contributed by atoms with Gasteiger partial charge in [0.05, 0.1) is 6.04 Å². The average Bonchev–Trinajstić information content (AvgIpc) is 2.66. The Labute approximate surface area is 166 Å². The Balaban J connectivity index is 2.26. The van der Waals surface area contributed by atoms with Crippen molar-refractivity contribution in [2.45, 2.75) is 37.7 Å². The molecule has 0 saturated heterocycles. The van der Waals surface area contributed by atoms with Crippen molar-refractivity contribution in [3.8, 4) is 12.3 Å². The minimum absolute atomic E-state index is 0.0113. The number of hydrogen-bond donors (Lipinski definition) is 2. The lowest BCUT2D eigenvalue weighted by Crippen LogP contribution is -2.53. The molecule has 3 N–H and O–H groups in total. The van der Waals surface area contributed by atoms with Crippen LogP contribution in [0, 0.1) is 18.3 Å². The molecule has 2 rings (SSSR count). The number of carbonyl (C=O) groups is 1. The topological polar surface area (TPSA) is 98.5 Å². The predicted molar refractivity (Wildman–Crippen MR) is 110 cm³/mol. The molecule has 0 fully saturated rings. The van der Waals surface area contributed by atoms with Crippen LogP contribution in [0.15, 0.2) is 48.6 Å². The van der Waals surface area contributed by atoms with E-state index in [9.17, 15) is 13.2 Å². The fourth-order valence-corrected chi connectivity index (χ4v) is 4.26. The van der Waals surface area contributed by atoms with Gasteiger partial charge >= 0.3 is 0 Å². The first-order valence-electron chi connectivity index (χ1n) is 9.05. The monoisotopic (exact) mass is 402 g/mol. The number of allylic oxidation sites excluding steroid dienone is 2. The molecule has 1 aliphatic rings. The van der Waals surface area contributed by atoms with Gasteiger partial charge in [0.1, 0.15) is 6.61 Å². The van der Waals surface area contributed by atoms with Crippen LogP contribution in [0.5, 0.6) is 0 Å². The number of ether oxygens (including phenoxy) is 1. The molecular weight excluding hydrogens is 376 g/mol. The first kappa shape index (κ1) is 21.9. The van der Waals surface area contributed by atoms with E-state index in [1.165, 1.54) is 6.08 Å². The van der Waals surface area contributed by atoms with Crippen molar-refractivity contribution in [2.24, 2.45) is 11.7 Å². The zero-order valence-electron chi connectivity index (χ0n) is 16.1. The van der Waals surface area contributed by atoms with Gasteiger partial charge in [0, 0.05) is 6.42 Å². The van der Waals surface area contributed by atoms with Gasteiger partial charge in [-0.25, -0.2) is 13.1 Å². The Morgan fingerprint density at radius 1 is 1.36 bits per heavy atom. The van der Waals surface area contributed by atoms with Crippen molar-refractivity contribution in [2.75, 3.05) is 6.61 Å². The lowest BCUT2D eigenvalue weighted by Gasteiger charge is -2.31. The summed E-state index contributed by atoms with van der Waals surface area (Å²) >= 11 is 0. The average molecular weight is 403 g/mol. The summed E-state index contributed by atoms with van der Waals surface area (Å²) in [5.74, 6) is 1.67. The van der Waals surface area contributed by atoms with E-state index in [2.05, 4.69) is 10.6 Å². The van der Waals surface area contributed by atoms with Gasteiger partial charge < -0.3 is 10.5 Å². The summed E-state index contributed by atoms with van der Waals surface area (Å²) < 4.78 is 33.6. The van der Waals surface area contributed by atoms with Gasteiger partial charge in [0.25, 0.3) is 10.0 Å². The number of sulfonamides is 1. The van der Waals surface area contributed by atoms with Crippen molar-refractivity contribution in [3.63, 3.8) is 0 Å². The van der Waals surface area contributed by atoms with Gasteiger partial charge in [-0.15, -0.1) is 6.42 Å². The van der Waals surface area contributed by atoms with Crippen LogP contribution in [0.25, 0.3) is 5.57 Å². The summed E-state index contributed by atoms with van der Waals surface area (Å²) in [5, 5.41) is 0. The fourth-order valence-electron chi connectivity index (χ4n) is 2.91. The number of amides is 1. The van der Waals surface area contributed by atoms with E-state index in [4.69, 9.17) is 16.9 Å². The zero-order chi connectivity index (χ0) is 20.8. The number of carbonyl (C=O) groups excluding carboxylic acids is 1. The van der Waals surface area contributed by atoms with Crippen LogP contribution in [-0.4, -0.2) is 31.9 Å². The van der Waals surface area contributed by atoms with Crippen molar-refractivity contribution in [1.29, 1.82) is 0 Å². The predicted octanol–water partition coefficient (Wildman–Crippen LogP) is 2.20. The van der Waals surface area contributed by atoms with E-state index in [-0.39, 0.29) is 18.9 Å². The third-order valence-corrected chi connectivity index (χ3v) is 6.18. The molecule has 6 nitrogen and oxygen atoms in total. The SMILES string of the molecule is C#CCOC1(S(=O)(=O)NC(=O)C(N)CC(C)C)C=CC(c2ccccc2)=CC1. The molecule has 0 spiro atoms. The first-order chi connectivity index (χ1) is 13.2. The molecule has 0 heterocycles. The van der Waals surface area contributed by atoms with Gasteiger partial charge in [-0.05, 0) is 29.6 Å². The standard InChI is InChI=1S/C21H26N2O4S/c1-4-14-27-21(28(25,26)23-20(24)19(22)15-16(2)3)12-10-18(11-13-21)17-8-6-5-7-9-17/h1,5-12,16,19H,13-15,22H2,2-3H3,(H,23,24). The summed E-state index contributed by atoms with van der Waals surface area (Å²) in [7, 11) is -4.23. The highest BCUT2D eigenvalue weighted by atomic mass is 32.2. The number of benzene rings is 1. The van der Waals surface area contributed by atoms with Gasteiger partial charge in [0.2, 0.25) is 10.8 Å². The van der Waals surface area contributed by atoms with Crippen LogP contribution in [0.2, 0.25) is 0 Å². The third-order valence-electron chi connectivity index (χ3n) is 4.38. The van der Waals surface area contributed by atoms with Crippen molar-refractivity contribution >= 4 is 21.5 Å². The van der Waals surface area contributed by atoms with E-state index >= 15 is 0 Å². The molecule has 28 heavy (non-hydrogen) atoms. The molecule has 0 bridgehead atoms. The zero-order valence-corrected chi connectivity index (χ0v) is 16.9. The van der Waals surface area contributed by atoms with Gasteiger partial charge in [-0.1, -0.05) is 62.3 Å². The summed E-state index contributed by atoms with van der Waals surface area (Å²) in [5.41, 5.74) is 7.63. The maximum Gasteiger partial charge on any atom is 0.269 e. The molecular formula is C21H26N2O4S. The summed E-state index contributed by atoms with van der Waals surface area (Å²) in [6.07, 6.45) is 10.5. The normalized spacial score (nSPS) is 20.3. The molecule has 0 saturated carbocycles. The minimum atomic E-state index is -4.23. The Morgan fingerprint density at radius 3 is 2.57 bits per heavy atom. The highest BCUT2D eigenvalue weighted by Gasteiger charge is 2.45. The molecule has 1 aliphatic carbocycles. The van der Waals surface area contributed by atoms with E-state index in [0.29, 0.717) is 6.42 Å². The molecule has 1 aromatic rings. The van der Waals surface area contributed by atoms with Crippen molar-refractivity contribution in [1.82, 2.24) is 4.72 Å².